The summed E-state index contributed by atoms with van der Waals surface area (Å²) in [5.74, 6) is 0.986. The standard InChI is InChI=1S/C22H32N4O3/c1-5-16(3)26-20(27)18-10-7-9-17(13-18)14-24-21(23-6-2)25-15-22(4,28)19-11-8-12-29-19/h7-13,16,28H,5-6,14-15H2,1-4H3,(H,26,27)(H2,23,24,25). The van der Waals surface area contributed by atoms with Crippen LogP contribution in [-0.4, -0.2) is 36.1 Å². The van der Waals surface area contributed by atoms with Crippen LogP contribution in [0.3, 0.4) is 0 Å². The van der Waals surface area contributed by atoms with E-state index in [-0.39, 0.29) is 18.5 Å². The Balaban J connectivity index is 2.02. The quantitative estimate of drug-likeness (QED) is 0.383. The van der Waals surface area contributed by atoms with Crippen LogP contribution in [0, 0.1) is 0 Å². The summed E-state index contributed by atoms with van der Waals surface area (Å²) in [6.07, 6.45) is 2.42. The van der Waals surface area contributed by atoms with Gasteiger partial charge in [0.25, 0.3) is 5.91 Å². The third-order valence-electron chi connectivity index (χ3n) is 4.60. The summed E-state index contributed by atoms with van der Waals surface area (Å²) >= 11 is 0. The number of amides is 1. The highest BCUT2D eigenvalue weighted by Crippen LogP contribution is 2.19. The lowest BCUT2D eigenvalue weighted by Gasteiger charge is -2.22. The molecule has 7 heteroatoms. The summed E-state index contributed by atoms with van der Waals surface area (Å²) in [5, 5.41) is 19.9. The molecule has 1 aromatic carbocycles. The highest BCUT2D eigenvalue weighted by Gasteiger charge is 2.26. The number of furan rings is 1. The third kappa shape index (κ3) is 6.94. The zero-order valence-corrected chi connectivity index (χ0v) is 17.7. The number of rotatable bonds is 9. The van der Waals surface area contributed by atoms with E-state index in [1.54, 1.807) is 25.1 Å². The maximum absolute atomic E-state index is 12.3. The van der Waals surface area contributed by atoms with E-state index in [9.17, 15) is 9.90 Å². The molecule has 0 saturated heterocycles. The second kappa shape index (κ2) is 10.7. The first-order chi connectivity index (χ1) is 13.9. The summed E-state index contributed by atoms with van der Waals surface area (Å²) in [4.78, 5) is 16.9. The van der Waals surface area contributed by atoms with Gasteiger partial charge in [-0.05, 0) is 57.0 Å². The number of guanidine groups is 1. The van der Waals surface area contributed by atoms with E-state index >= 15 is 0 Å². The molecule has 0 aliphatic carbocycles. The van der Waals surface area contributed by atoms with Crippen LogP contribution in [0.1, 0.15) is 55.8 Å². The number of benzene rings is 1. The van der Waals surface area contributed by atoms with Crippen LogP contribution in [0.2, 0.25) is 0 Å². The fourth-order valence-corrected chi connectivity index (χ4v) is 2.66. The second-order valence-corrected chi connectivity index (χ2v) is 7.28. The Kier molecular flexibility index (Phi) is 8.27. The van der Waals surface area contributed by atoms with Gasteiger partial charge in [0.1, 0.15) is 11.4 Å². The van der Waals surface area contributed by atoms with E-state index in [1.807, 2.05) is 39.0 Å². The molecule has 0 spiro atoms. The lowest BCUT2D eigenvalue weighted by molar-refractivity contribution is 0.0386. The Morgan fingerprint density at radius 1 is 1.24 bits per heavy atom. The average molecular weight is 401 g/mol. The SMILES string of the molecule is CCNC(=NCc1cccc(C(=O)NC(C)CC)c1)NCC(C)(O)c1ccco1. The molecule has 0 aliphatic heterocycles. The number of carbonyl (C=O) groups is 1. The minimum Gasteiger partial charge on any atom is -0.466 e. The second-order valence-electron chi connectivity index (χ2n) is 7.28. The predicted molar refractivity (Wildman–Crippen MR) is 115 cm³/mol. The highest BCUT2D eigenvalue weighted by atomic mass is 16.4. The van der Waals surface area contributed by atoms with Gasteiger partial charge >= 0.3 is 0 Å². The minimum absolute atomic E-state index is 0.0790. The molecule has 0 fully saturated rings. The van der Waals surface area contributed by atoms with Crippen molar-refractivity contribution in [2.24, 2.45) is 4.99 Å². The van der Waals surface area contributed by atoms with E-state index < -0.39 is 5.60 Å². The predicted octanol–water partition coefficient (Wildman–Crippen LogP) is 2.77. The van der Waals surface area contributed by atoms with Gasteiger partial charge in [0.2, 0.25) is 0 Å². The van der Waals surface area contributed by atoms with Crippen LogP contribution < -0.4 is 16.0 Å². The van der Waals surface area contributed by atoms with Crippen molar-refractivity contribution in [2.45, 2.75) is 52.3 Å². The van der Waals surface area contributed by atoms with E-state index in [1.165, 1.54) is 6.26 Å². The molecule has 0 saturated carbocycles. The molecule has 29 heavy (non-hydrogen) atoms. The van der Waals surface area contributed by atoms with Crippen molar-refractivity contribution in [1.29, 1.82) is 0 Å². The first kappa shape index (κ1) is 22.5. The first-order valence-electron chi connectivity index (χ1n) is 10.0. The molecule has 2 atom stereocenters. The fraction of sp³-hybridized carbons (Fsp3) is 0.455. The number of nitrogens with one attached hydrogen (secondary N) is 3. The lowest BCUT2D eigenvalue weighted by Crippen LogP contribution is -2.44. The Morgan fingerprint density at radius 2 is 2.03 bits per heavy atom. The number of hydrogen-bond acceptors (Lipinski definition) is 4. The molecule has 1 aromatic heterocycles. The van der Waals surface area contributed by atoms with Crippen LogP contribution in [0.25, 0.3) is 0 Å². The van der Waals surface area contributed by atoms with Crippen LogP contribution in [0.4, 0.5) is 0 Å². The van der Waals surface area contributed by atoms with Gasteiger partial charge in [0.05, 0.1) is 19.4 Å². The van der Waals surface area contributed by atoms with Crippen molar-refractivity contribution in [1.82, 2.24) is 16.0 Å². The smallest absolute Gasteiger partial charge is 0.251 e. The number of aliphatic hydroxyl groups is 1. The number of carbonyl (C=O) groups excluding carboxylic acids is 1. The fourth-order valence-electron chi connectivity index (χ4n) is 2.66. The van der Waals surface area contributed by atoms with Crippen molar-refractivity contribution in [3.8, 4) is 0 Å². The average Bonchev–Trinajstić information content (AvgIpc) is 3.26. The van der Waals surface area contributed by atoms with Gasteiger partial charge in [0, 0.05) is 18.2 Å². The topological polar surface area (TPSA) is 98.9 Å². The maximum Gasteiger partial charge on any atom is 0.251 e. The van der Waals surface area contributed by atoms with Crippen LogP contribution in [-0.2, 0) is 12.1 Å². The van der Waals surface area contributed by atoms with Gasteiger partial charge in [-0.1, -0.05) is 19.1 Å². The number of nitrogens with zero attached hydrogens (tertiary/aromatic N) is 1. The van der Waals surface area contributed by atoms with E-state index in [4.69, 9.17) is 4.42 Å². The molecule has 1 amide bonds. The lowest BCUT2D eigenvalue weighted by atomic mass is 10.0. The molecule has 1 heterocycles. The molecule has 7 nitrogen and oxygen atoms in total. The monoisotopic (exact) mass is 400 g/mol. The van der Waals surface area contributed by atoms with Crippen LogP contribution in [0.15, 0.2) is 52.1 Å². The van der Waals surface area contributed by atoms with E-state index in [2.05, 4.69) is 20.9 Å². The van der Waals surface area contributed by atoms with E-state index in [0.717, 1.165) is 12.0 Å². The summed E-state index contributed by atoms with van der Waals surface area (Å²) in [6, 6.07) is 11.1. The molecule has 2 aromatic rings. The summed E-state index contributed by atoms with van der Waals surface area (Å²) < 4.78 is 5.30. The van der Waals surface area contributed by atoms with Gasteiger partial charge in [-0.15, -0.1) is 0 Å². The maximum atomic E-state index is 12.3. The van der Waals surface area contributed by atoms with Crippen molar-refractivity contribution in [3.63, 3.8) is 0 Å². The van der Waals surface area contributed by atoms with Gasteiger partial charge < -0.3 is 25.5 Å². The number of aliphatic imine (C=N–C) groups is 1. The normalized spacial score (nSPS) is 14.7. The van der Waals surface area contributed by atoms with Gasteiger partial charge in [0.15, 0.2) is 5.96 Å². The molecule has 0 radical (unpaired) electrons. The third-order valence-corrected chi connectivity index (χ3v) is 4.60. The summed E-state index contributed by atoms with van der Waals surface area (Å²) in [5.41, 5.74) is 0.390. The Labute approximate surface area is 172 Å². The Bertz CT molecular complexity index is 800. The Morgan fingerprint density at radius 3 is 2.69 bits per heavy atom. The zero-order valence-electron chi connectivity index (χ0n) is 17.7. The molecule has 2 unspecified atom stereocenters. The van der Waals surface area contributed by atoms with Crippen LogP contribution >= 0.6 is 0 Å². The molecule has 158 valence electrons. The van der Waals surface area contributed by atoms with Gasteiger partial charge in [-0.3, -0.25) is 4.79 Å². The molecule has 0 bridgehead atoms. The summed E-state index contributed by atoms with van der Waals surface area (Å²) in [7, 11) is 0. The van der Waals surface area contributed by atoms with Crippen LogP contribution in [0.5, 0.6) is 0 Å². The minimum atomic E-state index is -1.16. The highest BCUT2D eigenvalue weighted by molar-refractivity contribution is 5.94. The first-order valence-corrected chi connectivity index (χ1v) is 10.0. The molecule has 0 aliphatic rings. The molecule has 2 rings (SSSR count). The van der Waals surface area contributed by atoms with Crippen molar-refractivity contribution in [3.05, 3.63) is 59.5 Å². The van der Waals surface area contributed by atoms with Crippen molar-refractivity contribution < 1.29 is 14.3 Å². The molecular weight excluding hydrogens is 368 g/mol. The molecular formula is C22H32N4O3. The van der Waals surface area contributed by atoms with Crippen molar-refractivity contribution in [2.75, 3.05) is 13.1 Å². The summed E-state index contributed by atoms with van der Waals surface area (Å²) in [6.45, 7) is 9.01. The zero-order chi connectivity index (χ0) is 21.3. The number of hydrogen-bond donors (Lipinski definition) is 4. The van der Waals surface area contributed by atoms with Gasteiger partial charge in [-0.25, -0.2) is 4.99 Å². The largest absolute Gasteiger partial charge is 0.466 e. The van der Waals surface area contributed by atoms with Crippen molar-refractivity contribution >= 4 is 11.9 Å². The van der Waals surface area contributed by atoms with E-state index in [0.29, 0.717) is 30.4 Å². The van der Waals surface area contributed by atoms with Gasteiger partial charge in [-0.2, -0.15) is 0 Å². The molecule has 4 N–H and O–H groups in total. The Hall–Kier alpha value is -2.80.